The predicted octanol–water partition coefficient (Wildman–Crippen LogP) is 2.04. The van der Waals surface area contributed by atoms with Gasteiger partial charge in [0.05, 0.1) is 11.8 Å². The van der Waals surface area contributed by atoms with Gasteiger partial charge in [0.15, 0.2) is 0 Å². The van der Waals surface area contributed by atoms with Crippen LogP contribution in [0.3, 0.4) is 0 Å². The van der Waals surface area contributed by atoms with Crippen LogP contribution in [0.25, 0.3) is 0 Å². The number of amides is 3. The molecule has 2 bridgehead atoms. The van der Waals surface area contributed by atoms with Gasteiger partial charge in [0.1, 0.15) is 6.54 Å². The molecule has 0 spiro atoms. The number of hydrogen-bond acceptors (Lipinski definition) is 3. The quantitative estimate of drug-likeness (QED) is 0.461. The number of nitrogens with zero attached hydrogens (tertiary/aromatic N) is 1. The molecule has 0 aromatic heterocycles. The maximum Gasteiger partial charge on any atom is 0.244 e. The van der Waals surface area contributed by atoms with Gasteiger partial charge in [-0.25, -0.2) is 0 Å². The molecule has 1 aliphatic heterocycles. The molecule has 4 atom stereocenters. The molecule has 23 heavy (non-hydrogen) atoms. The lowest BCUT2D eigenvalue weighted by molar-refractivity contribution is -0.143. The SMILES string of the molecule is O=C(CN1C(=O)[C@H]2[C@H](C1=O)[C@H]1C=C[C@H]2C1)Nc1cccc(I)c1. The average Bonchev–Trinajstić information content (AvgIpc) is 3.17. The average molecular weight is 422 g/mol. The molecule has 0 unspecified atom stereocenters. The van der Waals surface area contributed by atoms with Crippen molar-refractivity contribution in [2.24, 2.45) is 23.7 Å². The van der Waals surface area contributed by atoms with E-state index in [4.69, 9.17) is 0 Å². The first-order chi connectivity index (χ1) is 11.0. The van der Waals surface area contributed by atoms with Crippen molar-refractivity contribution < 1.29 is 14.4 Å². The summed E-state index contributed by atoms with van der Waals surface area (Å²) in [5.74, 6) is -0.861. The number of carbonyl (C=O) groups excluding carboxylic acids is 3. The second-order valence-corrected chi connectivity index (χ2v) is 7.57. The van der Waals surface area contributed by atoms with Crippen LogP contribution in [-0.4, -0.2) is 29.2 Å². The van der Waals surface area contributed by atoms with Crippen molar-refractivity contribution in [3.63, 3.8) is 0 Å². The van der Waals surface area contributed by atoms with Crippen molar-refractivity contribution in [3.05, 3.63) is 40.0 Å². The van der Waals surface area contributed by atoms with E-state index in [1.54, 1.807) is 6.07 Å². The van der Waals surface area contributed by atoms with Crippen molar-refractivity contribution in [1.29, 1.82) is 0 Å². The standard InChI is InChI=1S/C17H15IN2O3/c18-11-2-1-3-12(7-11)19-13(21)8-20-16(22)14-9-4-5-10(6-9)15(14)17(20)23/h1-5,7,9-10,14-15H,6,8H2,(H,19,21)/t9-,10-,14+,15+/m0/s1. The Hall–Kier alpha value is -1.70. The van der Waals surface area contributed by atoms with Crippen molar-refractivity contribution >= 4 is 46.0 Å². The molecule has 4 rings (SSSR count). The molecular weight excluding hydrogens is 407 g/mol. The summed E-state index contributed by atoms with van der Waals surface area (Å²) in [4.78, 5) is 38.4. The van der Waals surface area contributed by atoms with Crippen LogP contribution in [0.4, 0.5) is 5.69 Å². The molecule has 1 aromatic rings. The Morgan fingerprint density at radius 3 is 2.43 bits per heavy atom. The fourth-order valence-corrected chi connectivity index (χ4v) is 4.57. The Morgan fingerprint density at radius 1 is 1.17 bits per heavy atom. The number of likely N-dealkylation sites (tertiary alicyclic amines) is 1. The Balaban J connectivity index is 1.46. The molecule has 2 aliphatic carbocycles. The van der Waals surface area contributed by atoms with Crippen LogP contribution in [0.5, 0.6) is 0 Å². The molecule has 5 nitrogen and oxygen atoms in total. The van der Waals surface area contributed by atoms with Gasteiger partial charge >= 0.3 is 0 Å². The number of fused-ring (bicyclic) bond motifs is 5. The topological polar surface area (TPSA) is 66.5 Å². The smallest absolute Gasteiger partial charge is 0.244 e. The molecule has 3 amide bonds. The first-order valence-electron chi connectivity index (χ1n) is 7.63. The summed E-state index contributed by atoms with van der Waals surface area (Å²) in [6.07, 6.45) is 4.99. The van der Waals surface area contributed by atoms with E-state index in [1.165, 1.54) is 0 Å². The van der Waals surface area contributed by atoms with Gasteiger partial charge in [-0.3, -0.25) is 19.3 Å². The number of carbonyl (C=O) groups is 3. The third-order valence-corrected chi connectivity index (χ3v) is 5.64. The van der Waals surface area contributed by atoms with E-state index in [-0.39, 0.29) is 47.9 Å². The van der Waals surface area contributed by atoms with Crippen molar-refractivity contribution in [2.75, 3.05) is 11.9 Å². The van der Waals surface area contributed by atoms with E-state index in [9.17, 15) is 14.4 Å². The van der Waals surface area contributed by atoms with Crippen LogP contribution in [0.15, 0.2) is 36.4 Å². The van der Waals surface area contributed by atoms with E-state index >= 15 is 0 Å². The van der Waals surface area contributed by atoms with Crippen molar-refractivity contribution in [2.45, 2.75) is 6.42 Å². The summed E-state index contributed by atoms with van der Waals surface area (Å²) in [6, 6.07) is 7.39. The maximum atomic E-state index is 12.5. The second kappa shape index (κ2) is 5.43. The van der Waals surface area contributed by atoms with Crippen molar-refractivity contribution in [3.8, 4) is 0 Å². The van der Waals surface area contributed by atoms with E-state index in [0.717, 1.165) is 14.9 Å². The van der Waals surface area contributed by atoms with Gasteiger partial charge in [0.25, 0.3) is 0 Å². The van der Waals surface area contributed by atoms with Crippen LogP contribution >= 0.6 is 22.6 Å². The van der Waals surface area contributed by atoms with Gasteiger partial charge in [-0.2, -0.15) is 0 Å². The zero-order chi connectivity index (χ0) is 16.1. The molecule has 1 heterocycles. The summed E-state index contributed by atoms with van der Waals surface area (Å²) < 4.78 is 1.01. The van der Waals surface area contributed by atoms with Gasteiger partial charge in [-0.1, -0.05) is 18.2 Å². The highest BCUT2D eigenvalue weighted by Crippen LogP contribution is 2.52. The van der Waals surface area contributed by atoms with Crippen LogP contribution < -0.4 is 5.32 Å². The van der Waals surface area contributed by atoms with E-state index in [1.807, 2.05) is 30.4 Å². The summed E-state index contributed by atoms with van der Waals surface area (Å²) in [5.41, 5.74) is 0.669. The predicted molar refractivity (Wildman–Crippen MR) is 92.2 cm³/mol. The largest absolute Gasteiger partial charge is 0.324 e. The van der Waals surface area contributed by atoms with E-state index in [2.05, 4.69) is 27.9 Å². The molecule has 6 heteroatoms. The third-order valence-electron chi connectivity index (χ3n) is 4.97. The third kappa shape index (κ3) is 2.39. The Kier molecular flexibility index (Phi) is 3.51. The Morgan fingerprint density at radius 2 is 1.83 bits per heavy atom. The second-order valence-electron chi connectivity index (χ2n) is 6.32. The van der Waals surface area contributed by atoms with Gasteiger partial charge < -0.3 is 5.32 Å². The fraction of sp³-hybridized carbons (Fsp3) is 0.353. The highest BCUT2D eigenvalue weighted by molar-refractivity contribution is 14.1. The van der Waals surface area contributed by atoms with Crippen LogP contribution in [-0.2, 0) is 14.4 Å². The lowest BCUT2D eigenvalue weighted by Gasteiger charge is -2.16. The molecule has 0 radical (unpaired) electrons. The van der Waals surface area contributed by atoms with Gasteiger partial charge in [-0.15, -0.1) is 0 Å². The number of allylic oxidation sites excluding steroid dienone is 2. The van der Waals surface area contributed by atoms with Crippen molar-refractivity contribution in [1.82, 2.24) is 4.90 Å². The number of hydrogen-bond donors (Lipinski definition) is 1. The monoisotopic (exact) mass is 422 g/mol. The number of rotatable bonds is 3. The van der Waals surface area contributed by atoms with E-state index in [0.29, 0.717) is 5.69 Å². The highest BCUT2D eigenvalue weighted by atomic mass is 127. The fourth-order valence-electron chi connectivity index (χ4n) is 4.03. The van der Waals surface area contributed by atoms with Gasteiger partial charge in [0.2, 0.25) is 17.7 Å². The highest BCUT2D eigenvalue weighted by Gasteiger charge is 2.59. The molecule has 1 aromatic carbocycles. The zero-order valence-corrected chi connectivity index (χ0v) is 14.4. The zero-order valence-electron chi connectivity index (χ0n) is 12.2. The summed E-state index contributed by atoms with van der Waals surface area (Å²) in [7, 11) is 0. The maximum absolute atomic E-state index is 12.5. The lowest BCUT2D eigenvalue weighted by atomic mass is 9.85. The molecule has 1 N–H and O–H groups in total. The normalized spacial score (nSPS) is 30.9. The van der Waals surface area contributed by atoms with Gasteiger partial charge in [-0.05, 0) is 59.0 Å². The molecule has 2 fully saturated rings. The van der Waals surface area contributed by atoms with Crippen LogP contribution in [0.1, 0.15) is 6.42 Å². The van der Waals surface area contributed by atoms with Gasteiger partial charge in [0, 0.05) is 9.26 Å². The Labute approximate surface area is 147 Å². The summed E-state index contributed by atoms with van der Waals surface area (Å²) in [6.45, 7) is -0.199. The molecule has 1 saturated carbocycles. The number of halogens is 1. The number of benzene rings is 1. The number of anilines is 1. The Bertz CT molecular complexity index is 715. The first-order valence-corrected chi connectivity index (χ1v) is 8.71. The number of imide groups is 1. The minimum Gasteiger partial charge on any atom is -0.324 e. The summed E-state index contributed by atoms with van der Waals surface area (Å²) >= 11 is 2.16. The lowest BCUT2D eigenvalue weighted by Crippen LogP contribution is -2.39. The van der Waals surface area contributed by atoms with Crippen LogP contribution in [0, 0.1) is 27.2 Å². The van der Waals surface area contributed by atoms with E-state index < -0.39 is 0 Å². The molecule has 1 saturated heterocycles. The summed E-state index contributed by atoms with van der Waals surface area (Å²) in [5, 5.41) is 2.75. The minimum atomic E-state index is -0.339. The minimum absolute atomic E-state index is 0.171. The molecule has 3 aliphatic rings. The molecule has 118 valence electrons. The van der Waals surface area contributed by atoms with Crippen LogP contribution in [0.2, 0.25) is 0 Å². The number of nitrogens with one attached hydrogen (secondary N) is 1. The molecular formula is C17H15IN2O3. The first kappa shape index (κ1) is 14.9.